The number of nitrogens with one attached hydrogen (secondary N) is 2. The zero-order valence-corrected chi connectivity index (χ0v) is 11.3. The zero-order chi connectivity index (χ0) is 12.5. The van der Waals surface area contributed by atoms with Crippen molar-refractivity contribution in [2.75, 3.05) is 7.11 Å². The topological polar surface area (TPSA) is 50.4 Å². The van der Waals surface area contributed by atoms with E-state index in [9.17, 15) is 4.79 Å². The molecule has 2 atom stereocenters. The number of hydrogen-bond donors (Lipinski definition) is 2. The molecule has 1 aromatic rings. The second-order valence-corrected chi connectivity index (χ2v) is 6.04. The van der Waals surface area contributed by atoms with Crippen molar-refractivity contribution in [2.24, 2.45) is 0 Å². The number of fused-ring (bicyclic) bond motifs is 2. The van der Waals surface area contributed by atoms with E-state index in [1.165, 1.54) is 24.2 Å². The lowest BCUT2D eigenvalue weighted by Crippen LogP contribution is -2.47. The molecule has 2 N–H and O–H groups in total. The molecule has 2 aliphatic heterocycles. The van der Waals surface area contributed by atoms with Gasteiger partial charge < -0.3 is 15.4 Å². The molecule has 0 radical (unpaired) electrons. The Balaban J connectivity index is 1.60. The van der Waals surface area contributed by atoms with Crippen molar-refractivity contribution in [2.45, 2.75) is 43.8 Å². The van der Waals surface area contributed by atoms with Crippen molar-refractivity contribution in [1.29, 1.82) is 0 Å². The van der Waals surface area contributed by atoms with E-state index in [0.717, 1.165) is 23.5 Å². The summed E-state index contributed by atoms with van der Waals surface area (Å²) in [7, 11) is 1.62. The maximum Gasteiger partial charge on any atom is 0.261 e. The van der Waals surface area contributed by atoms with Crippen LogP contribution in [0.4, 0.5) is 0 Å². The van der Waals surface area contributed by atoms with E-state index in [1.807, 2.05) is 5.38 Å². The van der Waals surface area contributed by atoms with E-state index in [1.54, 1.807) is 13.2 Å². The molecule has 4 nitrogen and oxygen atoms in total. The summed E-state index contributed by atoms with van der Waals surface area (Å²) in [6.45, 7) is 0. The molecule has 0 aliphatic carbocycles. The first-order valence-electron chi connectivity index (χ1n) is 6.44. The number of carbonyl (C=O) groups excluding carboxylic acids is 1. The molecular weight excluding hydrogens is 248 g/mol. The zero-order valence-electron chi connectivity index (χ0n) is 10.4. The Morgan fingerprint density at radius 3 is 2.78 bits per heavy atom. The van der Waals surface area contributed by atoms with E-state index in [-0.39, 0.29) is 5.91 Å². The molecule has 18 heavy (non-hydrogen) atoms. The highest BCUT2D eigenvalue weighted by atomic mass is 32.1. The molecule has 2 unspecified atom stereocenters. The van der Waals surface area contributed by atoms with Crippen molar-refractivity contribution in [3.05, 3.63) is 16.3 Å². The standard InChI is InChI=1S/C13H18N2O2S/c1-17-11-6-12(18-7-11)13(16)15-10-4-8-2-3-9(5-10)14-8/h6-10,14H,2-5H2,1H3,(H,15,16). The second-order valence-electron chi connectivity index (χ2n) is 5.13. The molecule has 3 heterocycles. The third-order valence-corrected chi connectivity index (χ3v) is 4.75. The van der Waals surface area contributed by atoms with Gasteiger partial charge in [-0.05, 0) is 25.7 Å². The summed E-state index contributed by atoms with van der Waals surface area (Å²) in [6, 6.07) is 3.33. The average molecular weight is 266 g/mol. The summed E-state index contributed by atoms with van der Waals surface area (Å²) < 4.78 is 5.10. The van der Waals surface area contributed by atoms with Crippen LogP contribution in [-0.4, -0.2) is 31.1 Å². The van der Waals surface area contributed by atoms with Crippen molar-refractivity contribution < 1.29 is 9.53 Å². The van der Waals surface area contributed by atoms with Crippen LogP contribution in [0, 0.1) is 0 Å². The smallest absolute Gasteiger partial charge is 0.261 e. The van der Waals surface area contributed by atoms with E-state index in [4.69, 9.17) is 4.74 Å². The first kappa shape index (κ1) is 12.0. The number of rotatable bonds is 3. The third kappa shape index (κ3) is 2.37. The number of methoxy groups -OCH3 is 1. The first-order valence-corrected chi connectivity index (χ1v) is 7.32. The lowest BCUT2D eigenvalue weighted by molar-refractivity contribution is 0.0928. The van der Waals surface area contributed by atoms with E-state index in [0.29, 0.717) is 18.1 Å². The summed E-state index contributed by atoms with van der Waals surface area (Å²) in [5, 5.41) is 8.59. The second kappa shape index (κ2) is 4.90. The van der Waals surface area contributed by atoms with Gasteiger partial charge in [-0.15, -0.1) is 11.3 Å². The van der Waals surface area contributed by atoms with Gasteiger partial charge in [-0.3, -0.25) is 4.79 Å². The molecule has 3 rings (SSSR count). The predicted octanol–water partition coefficient (Wildman–Crippen LogP) is 1.77. The fourth-order valence-corrected chi connectivity index (χ4v) is 3.73. The van der Waals surface area contributed by atoms with Gasteiger partial charge in [0.2, 0.25) is 0 Å². The van der Waals surface area contributed by atoms with Crippen molar-refractivity contribution in [3.8, 4) is 5.75 Å². The summed E-state index contributed by atoms with van der Waals surface area (Å²) in [5.74, 6) is 0.796. The molecule has 0 aromatic carbocycles. The van der Waals surface area contributed by atoms with Gasteiger partial charge in [0.1, 0.15) is 5.75 Å². The van der Waals surface area contributed by atoms with Gasteiger partial charge in [0.05, 0.1) is 12.0 Å². The Bertz CT molecular complexity index is 434. The third-order valence-electron chi connectivity index (χ3n) is 3.84. The number of piperidine rings is 1. The monoisotopic (exact) mass is 266 g/mol. The molecule has 98 valence electrons. The summed E-state index contributed by atoms with van der Waals surface area (Å²) in [6.07, 6.45) is 4.63. The minimum atomic E-state index is 0.0367. The van der Waals surface area contributed by atoms with Crippen LogP contribution >= 0.6 is 11.3 Å². The summed E-state index contributed by atoms with van der Waals surface area (Å²) in [5.41, 5.74) is 0. The molecule has 0 spiro atoms. The molecule has 1 aromatic heterocycles. The van der Waals surface area contributed by atoms with Gasteiger partial charge in [0.25, 0.3) is 5.91 Å². The lowest BCUT2D eigenvalue weighted by Gasteiger charge is -2.29. The van der Waals surface area contributed by atoms with Gasteiger partial charge in [-0.1, -0.05) is 0 Å². The SMILES string of the molecule is COc1csc(C(=O)NC2CC3CCC(C2)N3)c1. The van der Waals surface area contributed by atoms with Crippen LogP contribution in [0.5, 0.6) is 5.75 Å². The number of carbonyl (C=O) groups is 1. The van der Waals surface area contributed by atoms with Gasteiger partial charge in [-0.25, -0.2) is 0 Å². The van der Waals surface area contributed by atoms with Crippen molar-refractivity contribution in [1.82, 2.24) is 10.6 Å². The van der Waals surface area contributed by atoms with Gasteiger partial charge in [0, 0.05) is 29.6 Å². The number of amides is 1. The predicted molar refractivity (Wildman–Crippen MR) is 71.3 cm³/mol. The first-order chi connectivity index (χ1) is 8.74. The largest absolute Gasteiger partial charge is 0.496 e. The highest BCUT2D eigenvalue weighted by Crippen LogP contribution is 2.27. The van der Waals surface area contributed by atoms with Crippen LogP contribution in [0.2, 0.25) is 0 Å². The fraction of sp³-hybridized carbons (Fsp3) is 0.615. The number of thiophene rings is 1. The molecular formula is C13H18N2O2S. The van der Waals surface area contributed by atoms with Crippen LogP contribution in [0.15, 0.2) is 11.4 Å². The fourth-order valence-electron chi connectivity index (χ4n) is 2.98. The summed E-state index contributed by atoms with van der Waals surface area (Å²) >= 11 is 1.44. The van der Waals surface area contributed by atoms with Crippen molar-refractivity contribution in [3.63, 3.8) is 0 Å². The average Bonchev–Trinajstić information content (AvgIpc) is 2.96. The molecule has 2 fully saturated rings. The highest BCUT2D eigenvalue weighted by molar-refractivity contribution is 7.12. The van der Waals surface area contributed by atoms with Gasteiger partial charge in [0.15, 0.2) is 0 Å². The minimum absolute atomic E-state index is 0.0367. The van der Waals surface area contributed by atoms with Crippen LogP contribution in [0.3, 0.4) is 0 Å². The van der Waals surface area contributed by atoms with Crippen LogP contribution in [0.1, 0.15) is 35.4 Å². The maximum absolute atomic E-state index is 12.1. The van der Waals surface area contributed by atoms with Crippen LogP contribution < -0.4 is 15.4 Å². The van der Waals surface area contributed by atoms with Gasteiger partial charge in [-0.2, -0.15) is 0 Å². The molecule has 5 heteroatoms. The number of ether oxygens (including phenoxy) is 1. The van der Waals surface area contributed by atoms with Gasteiger partial charge >= 0.3 is 0 Å². The minimum Gasteiger partial charge on any atom is -0.496 e. The number of hydrogen-bond acceptors (Lipinski definition) is 4. The van der Waals surface area contributed by atoms with E-state index < -0.39 is 0 Å². The quantitative estimate of drug-likeness (QED) is 0.876. The molecule has 2 saturated heterocycles. The highest BCUT2D eigenvalue weighted by Gasteiger charge is 2.34. The lowest BCUT2D eigenvalue weighted by atomic mass is 10.00. The Hall–Kier alpha value is -1.07. The normalized spacial score (nSPS) is 30.2. The molecule has 2 aliphatic rings. The Morgan fingerprint density at radius 1 is 1.44 bits per heavy atom. The Morgan fingerprint density at radius 2 is 2.17 bits per heavy atom. The molecule has 2 bridgehead atoms. The molecule has 0 saturated carbocycles. The maximum atomic E-state index is 12.1. The van der Waals surface area contributed by atoms with E-state index in [2.05, 4.69) is 10.6 Å². The molecule has 1 amide bonds. The summed E-state index contributed by atoms with van der Waals surface area (Å²) in [4.78, 5) is 12.8. The Kier molecular flexibility index (Phi) is 3.26. The Labute approximate surface area is 111 Å². The van der Waals surface area contributed by atoms with E-state index >= 15 is 0 Å². The van der Waals surface area contributed by atoms with Crippen LogP contribution in [0.25, 0.3) is 0 Å². The van der Waals surface area contributed by atoms with Crippen LogP contribution in [-0.2, 0) is 0 Å². The van der Waals surface area contributed by atoms with Crippen molar-refractivity contribution >= 4 is 17.2 Å².